The van der Waals surface area contributed by atoms with Crippen LogP contribution in [-0.4, -0.2) is 40.9 Å². The molecule has 1 rings (SSSR count). The average molecular weight is 293 g/mol. The summed E-state index contributed by atoms with van der Waals surface area (Å²) in [5, 5.41) is 10.2. The van der Waals surface area contributed by atoms with Gasteiger partial charge >= 0.3 is 0 Å². The summed E-state index contributed by atoms with van der Waals surface area (Å²) in [7, 11) is 0. The molecule has 0 unspecified atom stereocenters. The summed E-state index contributed by atoms with van der Waals surface area (Å²) in [6.45, 7) is 14.3. The Kier molecular flexibility index (Phi) is 6.85. The lowest BCUT2D eigenvalue weighted by atomic mass is 10.1. The molecule has 0 saturated heterocycles. The van der Waals surface area contributed by atoms with Crippen molar-refractivity contribution in [2.75, 3.05) is 13.2 Å². The normalized spacial score (nSPS) is 14.0. The first kappa shape index (κ1) is 18.1. The van der Waals surface area contributed by atoms with Gasteiger partial charge in [-0.1, -0.05) is 29.8 Å². The van der Waals surface area contributed by atoms with E-state index in [9.17, 15) is 5.11 Å². The number of nitrogens with zero attached hydrogens (tertiary/aromatic N) is 1. The second-order valence-corrected chi connectivity index (χ2v) is 7.09. The molecule has 1 aromatic carbocycles. The van der Waals surface area contributed by atoms with Crippen LogP contribution in [0.15, 0.2) is 24.3 Å². The Labute approximate surface area is 129 Å². The van der Waals surface area contributed by atoms with Gasteiger partial charge in [0.15, 0.2) is 0 Å². The van der Waals surface area contributed by atoms with Crippen molar-refractivity contribution in [2.24, 2.45) is 0 Å². The van der Waals surface area contributed by atoms with Crippen molar-refractivity contribution in [1.82, 2.24) is 4.90 Å². The Bertz CT molecular complexity index is 423. The Hall–Kier alpha value is -0.900. The molecule has 0 radical (unpaired) electrons. The molecule has 21 heavy (non-hydrogen) atoms. The first-order valence-corrected chi connectivity index (χ1v) is 7.79. The van der Waals surface area contributed by atoms with Gasteiger partial charge in [-0.15, -0.1) is 0 Å². The molecule has 1 N–H and O–H groups in total. The Morgan fingerprint density at radius 3 is 2.43 bits per heavy atom. The van der Waals surface area contributed by atoms with Crippen molar-refractivity contribution in [3.63, 3.8) is 0 Å². The average Bonchev–Trinajstić information content (AvgIpc) is 2.34. The molecular weight excluding hydrogens is 262 g/mol. The zero-order chi connectivity index (χ0) is 16.0. The first-order chi connectivity index (χ1) is 9.67. The van der Waals surface area contributed by atoms with Crippen LogP contribution in [0.25, 0.3) is 0 Å². The fraction of sp³-hybridized carbons (Fsp3) is 0.667. The molecule has 0 fully saturated rings. The molecule has 1 aromatic rings. The summed E-state index contributed by atoms with van der Waals surface area (Å²) in [6.07, 6.45) is -0.462. The molecule has 3 nitrogen and oxygen atoms in total. The van der Waals surface area contributed by atoms with Gasteiger partial charge in [-0.3, -0.25) is 4.90 Å². The minimum atomic E-state index is -0.462. The zero-order valence-electron chi connectivity index (χ0n) is 14.4. The molecule has 0 aliphatic carbocycles. The van der Waals surface area contributed by atoms with Gasteiger partial charge in [-0.05, 0) is 47.1 Å². The first-order valence-electron chi connectivity index (χ1n) is 7.79. The Morgan fingerprint density at radius 2 is 1.90 bits per heavy atom. The fourth-order valence-corrected chi connectivity index (χ4v) is 2.17. The standard InChI is InChI=1S/C18H31NO2/c1-14(2)19(11-16-9-7-8-15(3)10-16)12-17(20)13-21-18(4,5)6/h7-10,14,17,20H,11-13H2,1-6H3/t17-/m0/s1. The highest BCUT2D eigenvalue weighted by atomic mass is 16.5. The summed E-state index contributed by atoms with van der Waals surface area (Å²) >= 11 is 0. The summed E-state index contributed by atoms with van der Waals surface area (Å²) < 4.78 is 5.66. The highest BCUT2D eigenvalue weighted by Gasteiger charge is 2.18. The third-order valence-corrected chi connectivity index (χ3v) is 3.35. The van der Waals surface area contributed by atoms with Gasteiger partial charge < -0.3 is 9.84 Å². The lowest BCUT2D eigenvalue weighted by molar-refractivity contribution is -0.0587. The highest BCUT2D eigenvalue weighted by Crippen LogP contribution is 2.12. The van der Waals surface area contributed by atoms with E-state index in [0.717, 1.165) is 6.54 Å². The minimum absolute atomic E-state index is 0.208. The van der Waals surface area contributed by atoms with E-state index in [1.165, 1.54) is 11.1 Å². The molecule has 120 valence electrons. The van der Waals surface area contributed by atoms with E-state index in [1.54, 1.807) is 0 Å². The number of benzene rings is 1. The van der Waals surface area contributed by atoms with Crippen LogP contribution in [0.2, 0.25) is 0 Å². The van der Waals surface area contributed by atoms with Crippen LogP contribution in [0.3, 0.4) is 0 Å². The SMILES string of the molecule is Cc1cccc(CN(C[C@H](O)COC(C)(C)C)C(C)C)c1. The molecule has 0 saturated carbocycles. The van der Waals surface area contributed by atoms with E-state index in [1.807, 2.05) is 20.8 Å². The van der Waals surface area contributed by atoms with E-state index >= 15 is 0 Å². The minimum Gasteiger partial charge on any atom is -0.389 e. The second kappa shape index (κ2) is 7.92. The van der Waals surface area contributed by atoms with E-state index in [4.69, 9.17) is 4.74 Å². The van der Waals surface area contributed by atoms with Gasteiger partial charge in [-0.25, -0.2) is 0 Å². The van der Waals surface area contributed by atoms with Crippen molar-refractivity contribution >= 4 is 0 Å². The number of ether oxygens (including phenoxy) is 1. The maximum atomic E-state index is 10.2. The molecule has 0 heterocycles. The maximum Gasteiger partial charge on any atom is 0.0900 e. The number of aryl methyl sites for hydroxylation is 1. The lowest BCUT2D eigenvalue weighted by Gasteiger charge is -2.30. The highest BCUT2D eigenvalue weighted by molar-refractivity contribution is 5.22. The topological polar surface area (TPSA) is 32.7 Å². The summed E-state index contributed by atoms with van der Waals surface area (Å²) in [4.78, 5) is 2.28. The summed E-state index contributed by atoms with van der Waals surface area (Å²) in [5.74, 6) is 0. The smallest absolute Gasteiger partial charge is 0.0900 e. The van der Waals surface area contributed by atoms with Gasteiger partial charge in [-0.2, -0.15) is 0 Å². The number of hydrogen-bond acceptors (Lipinski definition) is 3. The quantitative estimate of drug-likeness (QED) is 0.836. The Balaban J connectivity index is 2.57. The predicted octanol–water partition coefficient (Wildman–Crippen LogP) is 3.38. The van der Waals surface area contributed by atoms with Crippen molar-refractivity contribution in [1.29, 1.82) is 0 Å². The van der Waals surface area contributed by atoms with Gasteiger partial charge in [0.1, 0.15) is 0 Å². The Morgan fingerprint density at radius 1 is 1.24 bits per heavy atom. The lowest BCUT2D eigenvalue weighted by Crippen LogP contribution is -2.40. The van der Waals surface area contributed by atoms with Gasteiger partial charge in [0.25, 0.3) is 0 Å². The van der Waals surface area contributed by atoms with Crippen molar-refractivity contribution < 1.29 is 9.84 Å². The molecule has 0 aliphatic rings. The van der Waals surface area contributed by atoms with Crippen LogP contribution >= 0.6 is 0 Å². The van der Waals surface area contributed by atoms with E-state index in [2.05, 4.69) is 49.9 Å². The molecule has 0 spiro atoms. The second-order valence-electron chi connectivity index (χ2n) is 7.09. The molecule has 0 aromatic heterocycles. The third kappa shape index (κ3) is 7.60. The fourth-order valence-electron chi connectivity index (χ4n) is 2.17. The van der Waals surface area contributed by atoms with Gasteiger partial charge in [0.2, 0.25) is 0 Å². The third-order valence-electron chi connectivity index (χ3n) is 3.35. The van der Waals surface area contributed by atoms with Gasteiger partial charge in [0, 0.05) is 19.1 Å². The predicted molar refractivity (Wildman–Crippen MR) is 88.4 cm³/mol. The zero-order valence-corrected chi connectivity index (χ0v) is 14.4. The molecule has 3 heteroatoms. The number of rotatable bonds is 7. The molecule has 0 bridgehead atoms. The molecular formula is C18H31NO2. The molecule has 1 atom stereocenters. The van der Waals surface area contributed by atoms with Crippen LogP contribution < -0.4 is 0 Å². The van der Waals surface area contributed by atoms with Crippen molar-refractivity contribution in [2.45, 2.75) is 65.8 Å². The van der Waals surface area contributed by atoms with Gasteiger partial charge in [0.05, 0.1) is 18.3 Å². The van der Waals surface area contributed by atoms with Crippen LogP contribution in [-0.2, 0) is 11.3 Å². The van der Waals surface area contributed by atoms with Crippen LogP contribution in [0.4, 0.5) is 0 Å². The van der Waals surface area contributed by atoms with E-state index < -0.39 is 6.10 Å². The van der Waals surface area contributed by atoms with E-state index in [-0.39, 0.29) is 5.60 Å². The van der Waals surface area contributed by atoms with E-state index in [0.29, 0.717) is 19.2 Å². The number of hydrogen-bond donors (Lipinski definition) is 1. The largest absolute Gasteiger partial charge is 0.389 e. The van der Waals surface area contributed by atoms with Crippen molar-refractivity contribution in [3.8, 4) is 0 Å². The van der Waals surface area contributed by atoms with Crippen LogP contribution in [0.5, 0.6) is 0 Å². The number of aliphatic hydroxyl groups is 1. The summed E-state index contributed by atoms with van der Waals surface area (Å²) in [5.41, 5.74) is 2.35. The summed E-state index contributed by atoms with van der Waals surface area (Å²) in [6, 6.07) is 8.92. The van der Waals surface area contributed by atoms with Crippen LogP contribution in [0.1, 0.15) is 45.7 Å². The van der Waals surface area contributed by atoms with Crippen molar-refractivity contribution in [3.05, 3.63) is 35.4 Å². The molecule has 0 aliphatic heterocycles. The number of aliphatic hydroxyl groups excluding tert-OH is 1. The molecule has 0 amide bonds. The van der Waals surface area contributed by atoms with Crippen LogP contribution in [0, 0.1) is 6.92 Å². The maximum absolute atomic E-state index is 10.2. The monoisotopic (exact) mass is 293 g/mol.